The Kier molecular flexibility index (Phi) is 9.91. The molecule has 2 heterocycles. The van der Waals surface area contributed by atoms with Crippen molar-refractivity contribution in [1.29, 1.82) is 0 Å². The summed E-state index contributed by atoms with van der Waals surface area (Å²) in [6.45, 7) is 1.87. The molecule has 10 heteroatoms. The number of nitrogens with zero attached hydrogens (tertiary/aromatic N) is 1. The number of carbonyl (C=O) groups is 3. The summed E-state index contributed by atoms with van der Waals surface area (Å²) >= 11 is 0. The minimum Gasteiger partial charge on any atom is -0.467 e. The Morgan fingerprint density at radius 2 is 1.85 bits per heavy atom. The number of nitrogens with one attached hydrogen (secondary N) is 3. The van der Waals surface area contributed by atoms with E-state index in [1.54, 1.807) is 17.0 Å². The molecule has 1 saturated heterocycles. The van der Waals surface area contributed by atoms with Crippen LogP contribution in [-0.2, 0) is 32.1 Å². The fourth-order valence-corrected chi connectivity index (χ4v) is 4.83. The zero-order valence-corrected chi connectivity index (χ0v) is 22.1. The molecule has 1 atom stereocenters. The zero-order valence-electron chi connectivity index (χ0n) is 22.1. The second kappa shape index (κ2) is 13.7. The molecule has 0 spiro atoms. The van der Waals surface area contributed by atoms with Crippen LogP contribution >= 0.6 is 0 Å². The Balaban J connectivity index is 1.16. The number of fused-ring (bicyclic) bond motifs is 1. The van der Waals surface area contributed by atoms with E-state index < -0.39 is 12.0 Å². The summed E-state index contributed by atoms with van der Waals surface area (Å²) in [7, 11) is 1.32. The van der Waals surface area contributed by atoms with Gasteiger partial charge < -0.3 is 30.0 Å². The number of aromatic nitrogens is 1. The largest absolute Gasteiger partial charge is 0.467 e. The van der Waals surface area contributed by atoms with Gasteiger partial charge >= 0.3 is 12.0 Å². The van der Waals surface area contributed by atoms with Crippen molar-refractivity contribution in [2.24, 2.45) is 5.92 Å². The lowest BCUT2D eigenvalue weighted by Gasteiger charge is -2.33. The first-order valence-electron chi connectivity index (χ1n) is 13.2. The second-order valence-corrected chi connectivity index (χ2v) is 9.78. The van der Waals surface area contributed by atoms with Gasteiger partial charge in [-0.1, -0.05) is 30.3 Å². The molecule has 1 aliphatic heterocycles. The highest BCUT2D eigenvalue weighted by atomic mass is 19.1. The van der Waals surface area contributed by atoms with Gasteiger partial charge in [-0.2, -0.15) is 0 Å². The van der Waals surface area contributed by atoms with E-state index in [2.05, 4.69) is 15.6 Å². The summed E-state index contributed by atoms with van der Waals surface area (Å²) in [5.74, 6) is -0.606. The van der Waals surface area contributed by atoms with Crippen LogP contribution < -0.4 is 10.6 Å². The fourth-order valence-electron chi connectivity index (χ4n) is 4.83. The van der Waals surface area contributed by atoms with Crippen LogP contribution in [0, 0.1) is 11.7 Å². The molecule has 0 unspecified atom stereocenters. The maximum absolute atomic E-state index is 13.0. The molecule has 2 aromatic carbocycles. The van der Waals surface area contributed by atoms with Crippen LogP contribution in [0.25, 0.3) is 10.9 Å². The van der Waals surface area contributed by atoms with Crippen molar-refractivity contribution in [3.8, 4) is 0 Å². The third kappa shape index (κ3) is 8.03. The van der Waals surface area contributed by atoms with E-state index in [4.69, 9.17) is 9.47 Å². The second-order valence-electron chi connectivity index (χ2n) is 9.78. The number of para-hydroxylation sites is 1. The number of rotatable bonds is 11. The van der Waals surface area contributed by atoms with Gasteiger partial charge in [0.05, 0.1) is 13.7 Å². The van der Waals surface area contributed by atoms with Crippen LogP contribution in [0.4, 0.5) is 9.18 Å². The molecule has 0 bridgehead atoms. The van der Waals surface area contributed by atoms with E-state index in [9.17, 15) is 18.8 Å². The van der Waals surface area contributed by atoms with Gasteiger partial charge in [-0.3, -0.25) is 4.79 Å². The van der Waals surface area contributed by atoms with Crippen LogP contribution in [0.5, 0.6) is 0 Å². The number of H-pyrrole nitrogens is 1. The van der Waals surface area contributed by atoms with Gasteiger partial charge in [0.2, 0.25) is 5.91 Å². The summed E-state index contributed by atoms with van der Waals surface area (Å²) < 4.78 is 23.3. The number of likely N-dealkylation sites (tertiary alicyclic amines) is 1. The van der Waals surface area contributed by atoms with Gasteiger partial charge in [-0.25, -0.2) is 14.0 Å². The molecule has 3 aromatic rings. The molecular weight excluding hydrogens is 503 g/mol. The van der Waals surface area contributed by atoms with Crippen molar-refractivity contribution in [3.05, 3.63) is 71.7 Å². The monoisotopic (exact) mass is 538 g/mol. The van der Waals surface area contributed by atoms with Gasteiger partial charge in [-0.15, -0.1) is 0 Å². The van der Waals surface area contributed by atoms with E-state index in [-0.39, 0.29) is 31.0 Å². The lowest BCUT2D eigenvalue weighted by molar-refractivity contribution is -0.142. The highest BCUT2D eigenvalue weighted by molar-refractivity contribution is 5.87. The Bertz CT molecular complexity index is 1250. The molecule has 208 valence electrons. The first kappa shape index (κ1) is 28.1. The van der Waals surface area contributed by atoms with Gasteiger partial charge in [0.25, 0.3) is 0 Å². The number of piperidine rings is 1. The number of urea groups is 1. The van der Waals surface area contributed by atoms with Crippen molar-refractivity contribution in [3.63, 3.8) is 0 Å². The SMILES string of the molecule is COC(=O)[C@H](Cc1c[nH]c2ccccc12)NC(=O)N1CCC(CCNC(=O)COCc2ccc(F)cc2)CC1. The Labute approximate surface area is 227 Å². The average Bonchev–Trinajstić information content (AvgIpc) is 3.36. The Morgan fingerprint density at radius 3 is 2.59 bits per heavy atom. The fraction of sp³-hybridized carbons (Fsp3) is 0.414. The summed E-state index contributed by atoms with van der Waals surface area (Å²) in [6, 6.07) is 12.7. The molecule has 9 nitrogen and oxygen atoms in total. The number of hydrogen-bond acceptors (Lipinski definition) is 5. The minimum atomic E-state index is -0.792. The number of hydrogen-bond donors (Lipinski definition) is 3. The molecule has 1 aliphatic rings. The molecule has 0 saturated carbocycles. The standard InChI is InChI=1S/C29H35FN4O5/c1-38-28(36)26(16-22-17-32-25-5-3-2-4-24(22)25)33-29(37)34-14-11-20(12-15-34)10-13-31-27(35)19-39-18-21-6-8-23(30)9-7-21/h2-9,17,20,26,32H,10-16,18-19H2,1H3,(H,31,35)(H,33,37)/t26-/m0/s1. The van der Waals surface area contributed by atoms with Crippen molar-refractivity contribution in [2.75, 3.05) is 33.4 Å². The summed E-state index contributed by atoms with van der Waals surface area (Å²) in [4.78, 5) is 42.4. The maximum atomic E-state index is 13.0. The molecule has 1 aromatic heterocycles. The average molecular weight is 539 g/mol. The van der Waals surface area contributed by atoms with Gasteiger partial charge in [0.1, 0.15) is 18.5 Å². The number of amides is 3. The van der Waals surface area contributed by atoms with E-state index in [0.717, 1.165) is 41.3 Å². The van der Waals surface area contributed by atoms with Crippen molar-refractivity contribution in [2.45, 2.75) is 38.3 Å². The Morgan fingerprint density at radius 1 is 1.10 bits per heavy atom. The van der Waals surface area contributed by atoms with Crippen LogP contribution in [0.15, 0.2) is 54.7 Å². The molecule has 3 amide bonds. The summed E-state index contributed by atoms with van der Waals surface area (Å²) in [5.41, 5.74) is 2.71. The predicted octanol–water partition coefficient (Wildman–Crippen LogP) is 3.54. The van der Waals surface area contributed by atoms with Crippen molar-refractivity contribution < 1.29 is 28.2 Å². The first-order valence-corrected chi connectivity index (χ1v) is 13.2. The summed E-state index contributed by atoms with van der Waals surface area (Å²) in [5, 5.41) is 6.73. The highest BCUT2D eigenvalue weighted by Gasteiger charge is 2.28. The normalized spacial score (nSPS) is 14.7. The van der Waals surface area contributed by atoms with E-state index in [0.29, 0.717) is 32.0 Å². The van der Waals surface area contributed by atoms with E-state index in [1.165, 1.54) is 19.2 Å². The van der Waals surface area contributed by atoms with Crippen molar-refractivity contribution in [1.82, 2.24) is 20.5 Å². The molecule has 4 rings (SSSR count). The number of aromatic amines is 1. The van der Waals surface area contributed by atoms with Crippen LogP contribution in [0.3, 0.4) is 0 Å². The van der Waals surface area contributed by atoms with E-state index in [1.807, 2.05) is 30.5 Å². The summed E-state index contributed by atoms with van der Waals surface area (Å²) in [6.07, 6.45) is 4.62. The first-order chi connectivity index (χ1) is 18.9. The number of ether oxygens (including phenoxy) is 2. The number of esters is 1. The lowest BCUT2D eigenvalue weighted by Crippen LogP contribution is -2.51. The highest BCUT2D eigenvalue weighted by Crippen LogP contribution is 2.22. The van der Waals surface area contributed by atoms with Crippen molar-refractivity contribution >= 4 is 28.8 Å². The quantitative estimate of drug-likeness (QED) is 0.323. The molecule has 3 N–H and O–H groups in total. The molecule has 39 heavy (non-hydrogen) atoms. The van der Waals surface area contributed by atoms with E-state index >= 15 is 0 Å². The number of halogens is 1. The smallest absolute Gasteiger partial charge is 0.328 e. The third-order valence-corrected chi connectivity index (χ3v) is 7.07. The minimum absolute atomic E-state index is 0.0596. The topological polar surface area (TPSA) is 113 Å². The third-order valence-electron chi connectivity index (χ3n) is 7.07. The molecule has 0 aliphatic carbocycles. The van der Waals surface area contributed by atoms with Crippen LogP contribution in [0.2, 0.25) is 0 Å². The lowest BCUT2D eigenvalue weighted by atomic mass is 9.93. The maximum Gasteiger partial charge on any atom is 0.328 e. The molecular formula is C29H35FN4O5. The van der Waals surface area contributed by atoms with Gasteiger partial charge in [0.15, 0.2) is 0 Å². The number of carbonyl (C=O) groups excluding carboxylic acids is 3. The molecule has 0 radical (unpaired) electrons. The zero-order chi connectivity index (χ0) is 27.6. The predicted molar refractivity (Wildman–Crippen MR) is 144 cm³/mol. The Hall–Kier alpha value is -3.92. The molecule has 1 fully saturated rings. The number of benzene rings is 2. The van der Waals surface area contributed by atoms with Crippen LogP contribution in [0.1, 0.15) is 30.4 Å². The van der Waals surface area contributed by atoms with Crippen LogP contribution in [-0.4, -0.2) is 67.2 Å². The van der Waals surface area contributed by atoms with Gasteiger partial charge in [-0.05, 0) is 54.5 Å². The van der Waals surface area contributed by atoms with Gasteiger partial charge in [0, 0.05) is 43.2 Å². The number of methoxy groups -OCH3 is 1.